The third-order valence-electron chi connectivity index (χ3n) is 2.72. The van der Waals surface area contributed by atoms with Crippen molar-refractivity contribution < 1.29 is 9.84 Å². The maximum Gasteiger partial charge on any atom is 0.0753 e. The second-order valence-corrected chi connectivity index (χ2v) is 4.26. The Balaban J connectivity index is 2.22. The van der Waals surface area contributed by atoms with Gasteiger partial charge in [-0.3, -0.25) is 0 Å². The Kier molecular flexibility index (Phi) is 4.81. The molecule has 1 heterocycles. The van der Waals surface area contributed by atoms with Gasteiger partial charge in [0.15, 0.2) is 0 Å². The van der Waals surface area contributed by atoms with Crippen molar-refractivity contribution in [3.8, 4) is 0 Å². The van der Waals surface area contributed by atoms with E-state index in [0.29, 0.717) is 6.54 Å². The van der Waals surface area contributed by atoms with Crippen molar-refractivity contribution in [1.82, 2.24) is 4.90 Å². The molecule has 1 fully saturated rings. The summed E-state index contributed by atoms with van der Waals surface area (Å²) >= 11 is 0. The van der Waals surface area contributed by atoms with Crippen molar-refractivity contribution in [3.05, 3.63) is 0 Å². The minimum atomic E-state index is -0.715. The summed E-state index contributed by atoms with van der Waals surface area (Å²) in [5, 5.41) is 9.74. The van der Waals surface area contributed by atoms with Gasteiger partial charge in [0.2, 0.25) is 0 Å². The number of hydrogen-bond acceptors (Lipinski definition) is 4. The molecule has 0 saturated carbocycles. The first-order chi connectivity index (χ1) is 6.64. The fourth-order valence-electron chi connectivity index (χ4n) is 1.52. The van der Waals surface area contributed by atoms with Crippen LogP contribution in [-0.2, 0) is 4.74 Å². The molecule has 14 heavy (non-hydrogen) atoms. The number of nitrogens with two attached hydrogens (primary N) is 1. The monoisotopic (exact) mass is 202 g/mol. The zero-order chi connectivity index (χ0) is 10.4. The largest absolute Gasteiger partial charge is 0.389 e. The van der Waals surface area contributed by atoms with Crippen LogP contribution < -0.4 is 5.73 Å². The lowest BCUT2D eigenvalue weighted by Crippen LogP contribution is -2.39. The van der Waals surface area contributed by atoms with Crippen LogP contribution in [0.3, 0.4) is 0 Å². The molecule has 1 saturated heterocycles. The molecule has 0 spiro atoms. The highest BCUT2D eigenvalue weighted by Crippen LogP contribution is 2.09. The van der Waals surface area contributed by atoms with Gasteiger partial charge < -0.3 is 20.5 Å². The van der Waals surface area contributed by atoms with Crippen molar-refractivity contribution >= 4 is 0 Å². The highest BCUT2D eigenvalue weighted by molar-refractivity contribution is 4.75. The first-order valence-electron chi connectivity index (χ1n) is 5.36. The smallest absolute Gasteiger partial charge is 0.0753 e. The third kappa shape index (κ3) is 4.37. The summed E-state index contributed by atoms with van der Waals surface area (Å²) in [5.41, 5.74) is 4.74. The second-order valence-electron chi connectivity index (χ2n) is 4.26. The summed E-state index contributed by atoms with van der Waals surface area (Å²) in [6.45, 7) is 6.75. The van der Waals surface area contributed by atoms with Crippen LogP contribution in [-0.4, -0.2) is 55.0 Å². The predicted molar refractivity (Wildman–Crippen MR) is 56.2 cm³/mol. The molecule has 0 aromatic rings. The van der Waals surface area contributed by atoms with E-state index in [0.717, 1.165) is 45.7 Å². The minimum absolute atomic E-state index is 0.331. The molecule has 84 valence electrons. The Labute approximate surface area is 86.0 Å². The Morgan fingerprint density at radius 1 is 1.43 bits per heavy atom. The molecule has 0 bridgehead atoms. The SMILES string of the molecule is CC(O)(CN)CCN1CCCOCC1. The zero-order valence-electron chi connectivity index (χ0n) is 9.04. The second kappa shape index (κ2) is 5.66. The molecule has 1 rings (SSSR count). The quantitative estimate of drug-likeness (QED) is 0.663. The normalized spacial score (nSPS) is 24.2. The van der Waals surface area contributed by atoms with Gasteiger partial charge in [0, 0.05) is 32.8 Å². The van der Waals surface area contributed by atoms with Crippen LogP contribution in [0.5, 0.6) is 0 Å². The molecule has 1 aliphatic heterocycles. The summed E-state index contributed by atoms with van der Waals surface area (Å²) < 4.78 is 5.35. The topological polar surface area (TPSA) is 58.7 Å². The van der Waals surface area contributed by atoms with Crippen molar-refractivity contribution in [1.29, 1.82) is 0 Å². The van der Waals surface area contributed by atoms with Crippen LogP contribution in [0.15, 0.2) is 0 Å². The van der Waals surface area contributed by atoms with Gasteiger partial charge in [-0.25, -0.2) is 0 Å². The molecule has 0 aromatic heterocycles. The molecular formula is C10H22N2O2. The fraction of sp³-hybridized carbons (Fsp3) is 1.00. The first-order valence-corrected chi connectivity index (χ1v) is 5.36. The van der Waals surface area contributed by atoms with Gasteiger partial charge in [0.05, 0.1) is 12.2 Å². The molecule has 0 aliphatic carbocycles. The minimum Gasteiger partial charge on any atom is -0.389 e. The molecule has 4 heteroatoms. The van der Waals surface area contributed by atoms with E-state index in [2.05, 4.69) is 4.90 Å². The predicted octanol–water partition coefficient (Wildman–Crippen LogP) is -0.192. The molecule has 0 amide bonds. The molecule has 0 aromatic carbocycles. The fourth-order valence-corrected chi connectivity index (χ4v) is 1.52. The lowest BCUT2D eigenvalue weighted by molar-refractivity contribution is 0.0470. The van der Waals surface area contributed by atoms with E-state index in [4.69, 9.17) is 10.5 Å². The molecule has 1 aliphatic rings. The van der Waals surface area contributed by atoms with Gasteiger partial charge in [0.25, 0.3) is 0 Å². The van der Waals surface area contributed by atoms with Gasteiger partial charge in [-0.1, -0.05) is 0 Å². The lowest BCUT2D eigenvalue weighted by atomic mass is 10.0. The van der Waals surface area contributed by atoms with Gasteiger partial charge in [-0.15, -0.1) is 0 Å². The van der Waals surface area contributed by atoms with Crippen LogP contribution in [0.2, 0.25) is 0 Å². The van der Waals surface area contributed by atoms with E-state index in [9.17, 15) is 5.11 Å². The number of hydrogen-bond donors (Lipinski definition) is 2. The van der Waals surface area contributed by atoms with E-state index in [1.54, 1.807) is 6.92 Å². The van der Waals surface area contributed by atoms with Crippen LogP contribution in [0.25, 0.3) is 0 Å². The summed E-state index contributed by atoms with van der Waals surface area (Å²) in [6.07, 6.45) is 1.83. The van der Waals surface area contributed by atoms with Crippen LogP contribution >= 0.6 is 0 Å². The maximum absolute atomic E-state index is 9.74. The van der Waals surface area contributed by atoms with E-state index in [1.165, 1.54) is 0 Å². The molecule has 1 atom stereocenters. The Hall–Kier alpha value is -0.160. The maximum atomic E-state index is 9.74. The van der Waals surface area contributed by atoms with E-state index in [-0.39, 0.29) is 0 Å². The highest BCUT2D eigenvalue weighted by atomic mass is 16.5. The zero-order valence-corrected chi connectivity index (χ0v) is 9.04. The average Bonchev–Trinajstić information content (AvgIpc) is 2.43. The Bertz CT molecular complexity index is 154. The van der Waals surface area contributed by atoms with Crippen molar-refractivity contribution in [2.24, 2.45) is 5.73 Å². The first kappa shape index (κ1) is 11.9. The summed E-state index contributed by atoms with van der Waals surface area (Å²) in [4.78, 5) is 2.33. The average molecular weight is 202 g/mol. The molecular weight excluding hydrogens is 180 g/mol. The summed E-state index contributed by atoms with van der Waals surface area (Å²) in [5.74, 6) is 0. The molecule has 3 N–H and O–H groups in total. The Morgan fingerprint density at radius 2 is 2.21 bits per heavy atom. The van der Waals surface area contributed by atoms with Gasteiger partial charge in [0.1, 0.15) is 0 Å². The van der Waals surface area contributed by atoms with Gasteiger partial charge in [-0.2, -0.15) is 0 Å². The van der Waals surface area contributed by atoms with Crippen LogP contribution in [0, 0.1) is 0 Å². The summed E-state index contributed by atoms with van der Waals surface area (Å²) in [7, 11) is 0. The van der Waals surface area contributed by atoms with Gasteiger partial charge in [-0.05, 0) is 19.8 Å². The highest BCUT2D eigenvalue weighted by Gasteiger charge is 2.19. The number of rotatable bonds is 4. The van der Waals surface area contributed by atoms with Gasteiger partial charge >= 0.3 is 0 Å². The van der Waals surface area contributed by atoms with Crippen molar-refractivity contribution in [2.45, 2.75) is 25.4 Å². The van der Waals surface area contributed by atoms with E-state index in [1.807, 2.05) is 0 Å². The summed E-state index contributed by atoms with van der Waals surface area (Å²) in [6, 6.07) is 0. The van der Waals surface area contributed by atoms with Crippen LogP contribution in [0.1, 0.15) is 19.8 Å². The standard InChI is InChI=1S/C10H22N2O2/c1-10(13,9-11)3-5-12-4-2-7-14-8-6-12/h13H,2-9,11H2,1H3. The van der Waals surface area contributed by atoms with E-state index < -0.39 is 5.60 Å². The van der Waals surface area contributed by atoms with Crippen molar-refractivity contribution in [2.75, 3.05) is 39.4 Å². The molecule has 0 radical (unpaired) electrons. The number of ether oxygens (including phenoxy) is 1. The molecule has 1 unspecified atom stereocenters. The molecule has 4 nitrogen and oxygen atoms in total. The third-order valence-corrected chi connectivity index (χ3v) is 2.72. The van der Waals surface area contributed by atoms with Crippen molar-refractivity contribution in [3.63, 3.8) is 0 Å². The van der Waals surface area contributed by atoms with E-state index >= 15 is 0 Å². The Morgan fingerprint density at radius 3 is 2.93 bits per heavy atom. The van der Waals surface area contributed by atoms with Crippen LogP contribution in [0.4, 0.5) is 0 Å². The number of aliphatic hydroxyl groups is 1. The lowest BCUT2D eigenvalue weighted by Gasteiger charge is -2.26. The number of nitrogens with zero attached hydrogens (tertiary/aromatic N) is 1.